The summed E-state index contributed by atoms with van der Waals surface area (Å²) in [6.45, 7) is 1.73. The van der Waals surface area contributed by atoms with Crippen LogP contribution in [0.1, 0.15) is 37.7 Å². The third kappa shape index (κ3) is 5.72. The van der Waals surface area contributed by atoms with Gasteiger partial charge in [0.15, 0.2) is 0 Å². The van der Waals surface area contributed by atoms with Crippen LogP contribution in [0, 0.1) is 0 Å². The number of hydrogen-bond acceptors (Lipinski definition) is 3. The largest absolute Gasteiger partial charge is 0.396 e. The first-order valence-electron chi connectivity index (χ1n) is 7.85. The molecule has 3 nitrogen and oxygen atoms in total. The van der Waals surface area contributed by atoms with Gasteiger partial charge in [0.1, 0.15) is 6.61 Å². The molecule has 1 aromatic rings. The molecule has 0 N–H and O–H groups in total. The van der Waals surface area contributed by atoms with Crippen molar-refractivity contribution in [2.45, 2.75) is 32.1 Å². The third-order valence-corrected chi connectivity index (χ3v) is 3.64. The first kappa shape index (κ1) is 15.8. The number of hydrogen-bond donors (Lipinski definition) is 0. The summed E-state index contributed by atoms with van der Waals surface area (Å²) in [5, 5.41) is 4.39. The minimum atomic E-state index is 0.695. The van der Waals surface area contributed by atoms with E-state index >= 15 is 0 Å². The highest BCUT2D eigenvalue weighted by Crippen LogP contribution is 2.23. The Kier molecular flexibility index (Phi) is 6.48. The molecule has 1 aliphatic carbocycles. The van der Waals surface area contributed by atoms with Crippen molar-refractivity contribution in [1.82, 2.24) is 4.90 Å². The first-order valence-corrected chi connectivity index (χ1v) is 7.85. The molecule has 0 aromatic heterocycles. The van der Waals surface area contributed by atoms with Gasteiger partial charge in [-0.25, -0.2) is 0 Å². The molecule has 114 valence electrons. The van der Waals surface area contributed by atoms with E-state index < -0.39 is 0 Å². The zero-order chi connectivity index (χ0) is 14.9. The Morgan fingerprint density at radius 3 is 2.67 bits per heavy atom. The Morgan fingerprint density at radius 2 is 1.90 bits per heavy atom. The lowest BCUT2D eigenvalue weighted by Gasteiger charge is -2.16. The number of benzene rings is 1. The van der Waals surface area contributed by atoms with Crippen LogP contribution in [0.25, 0.3) is 6.08 Å². The first-order chi connectivity index (χ1) is 10.3. The van der Waals surface area contributed by atoms with Crippen molar-refractivity contribution >= 4 is 11.8 Å². The van der Waals surface area contributed by atoms with Crippen LogP contribution >= 0.6 is 0 Å². The van der Waals surface area contributed by atoms with Crippen molar-refractivity contribution in [3.05, 3.63) is 41.5 Å². The van der Waals surface area contributed by atoms with Gasteiger partial charge < -0.3 is 9.74 Å². The monoisotopic (exact) mass is 286 g/mol. The SMILES string of the molecule is CN(C)CCCO/N=C1/CCCC/C1=C\c1ccccc1. The zero-order valence-corrected chi connectivity index (χ0v) is 13.2. The molecule has 0 amide bonds. The molecular formula is C18H26N2O. The van der Waals surface area contributed by atoms with Gasteiger partial charge in [0.05, 0.1) is 5.71 Å². The molecule has 1 aliphatic rings. The highest BCUT2D eigenvalue weighted by Gasteiger charge is 2.14. The maximum atomic E-state index is 5.51. The molecule has 1 saturated carbocycles. The highest BCUT2D eigenvalue weighted by molar-refractivity contribution is 6.03. The molecule has 0 atom stereocenters. The predicted octanol–water partition coefficient (Wildman–Crippen LogP) is 3.97. The van der Waals surface area contributed by atoms with Gasteiger partial charge in [-0.2, -0.15) is 0 Å². The van der Waals surface area contributed by atoms with E-state index in [1.807, 2.05) is 6.07 Å². The molecule has 0 saturated heterocycles. The Labute approximate surface area is 128 Å². The highest BCUT2D eigenvalue weighted by atomic mass is 16.6. The predicted molar refractivity (Wildman–Crippen MR) is 89.4 cm³/mol. The minimum absolute atomic E-state index is 0.695. The summed E-state index contributed by atoms with van der Waals surface area (Å²) in [4.78, 5) is 7.68. The lowest BCUT2D eigenvalue weighted by atomic mass is 9.91. The molecule has 1 aromatic carbocycles. The Balaban J connectivity index is 1.94. The fourth-order valence-electron chi connectivity index (χ4n) is 2.49. The van der Waals surface area contributed by atoms with E-state index in [1.54, 1.807) is 0 Å². The summed E-state index contributed by atoms with van der Waals surface area (Å²) < 4.78 is 0. The second-order valence-corrected chi connectivity index (χ2v) is 5.82. The van der Waals surface area contributed by atoms with Gasteiger partial charge in [0, 0.05) is 6.54 Å². The van der Waals surface area contributed by atoms with E-state index in [9.17, 15) is 0 Å². The van der Waals surface area contributed by atoms with Gasteiger partial charge >= 0.3 is 0 Å². The summed E-state index contributed by atoms with van der Waals surface area (Å²) in [5.74, 6) is 0. The van der Waals surface area contributed by atoms with E-state index in [0.29, 0.717) is 6.61 Å². The van der Waals surface area contributed by atoms with E-state index in [2.05, 4.69) is 54.5 Å². The second-order valence-electron chi connectivity index (χ2n) is 5.82. The Morgan fingerprint density at radius 1 is 1.14 bits per heavy atom. The van der Waals surface area contributed by atoms with Crippen molar-refractivity contribution in [2.24, 2.45) is 5.16 Å². The molecule has 0 radical (unpaired) electrons. The molecule has 0 aliphatic heterocycles. The quantitative estimate of drug-likeness (QED) is 0.584. The van der Waals surface area contributed by atoms with Gasteiger partial charge in [0.2, 0.25) is 0 Å². The molecule has 0 unspecified atom stereocenters. The number of oxime groups is 1. The topological polar surface area (TPSA) is 24.8 Å². The van der Waals surface area contributed by atoms with Crippen molar-refractivity contribution in [3.8, 4) is 0 Å². The second kappa shape index (κ2) is 8.63. The molecule has 0 bridgehead atoms. The van der Waals surface area contributed by atoms with Crippen LogP contribution in [-0.4, -0.2) is 37.9 Å². The van der Waals surface area contributed by atoms with Gasteiger partial charge in [-0.05, 0) is 63.4 Å². The Bertz CT molecular complexity index is 477. The van der Waals surface area contributed by atoms with Crippen LogP contribution in [-0.2, 0) is 4.84 Å². The molecule has 3 heteroatoms. The standard InChI is InChI=1S/C18H26N2O/c1-20(2)13-8-14-21-19-18-12-7-6-11-17(18)15-16-9-4-3-5-10-16/h3-5,9-10,15H,6-8,11-14H2,1-2H3/b17-15+,19-18-. The van der Waals surface area contributed by atoms with Crippen molar-refractivity contribution in [3.63, 3.8) is 0 Å². The molecule has 0 spiro atoms. The average Bonchev–Trinajstić information content (AvgIpc) is 2.49. The molecular weight excluding hydrogens is 260 g/mol. The minimum Gasteiger partial charge on any atom is -0.396 e. The van der Waals surface area contributed by atoms with Crippen molar-refractivity contribution in [2.75, 3.05) is 27.2 Å². The third-order valence-electron chi connectivity index (χ3n) is 3.64. The maximum Gasteiger partial charge on any atom is 0.118 e. The van der Waals surface area contributed by atoms with Crippen LogP contribution < -0.4 is 0 Å². The summed E-state index contributed by atoms with van der Waals surface area (Å²) in [6.07, 6.45) is 7.87. The van der Waals surface area contributed by atoms with Crippen molar-refractivity contribution < 1.29 is 4.84 Å². The Hall–Kier alpha value is -1.61. The fraction of sp³-hybridized carbons (Fsp3) is 0.500. The lowest BCUT2D eigenvalue weighted by molar-refractivity contribution is 0.134. The van der Waals surface area contributed by atoms with Gasteiger partial charge in [-0.3, -0.25) is 0 Å². The van der Waals surface area contributed by atoms with E-state index in [1.165, 1.54) is 24.0 Å². The lowest BCUT2D eigenvalue weighted by Crippen LogP contribution is -2.15. The molecule has 0 heterocycles. The normalized spacial score (nSPS) is 19.4. The average molecular weight is 286 g/mol. The van der Waals surface area contributed by atoms with Crippen LogP contribution in [0.2, 0.25) is 0 Å². The van der Waals surface area contributed by atoms with Gasteiger partial charge in [-0.15, -0.1) is 0 Å². The smallest absolute Gasteiger partial charge is 0.118 e. The number of allylic oxidation sites excluding steroid dienone is 1. The maximum absolute atomic E-state index is 5.51. The van der Waals surface area contributed by atoms with Crippen LogP contribution in [0.4, 0.5) is 0 Å². The van der Waals surface area contributed by atoms with E-state index in [4.69, 9.17) is 4.84 Å². The van der Waals surface area contributed by atoms with Crippen LogP contribution in [0.15, 0.2) is 41.1 Å². The van der Waals surface area contributed by atoms with E-state index in [0.717, 1.165) is 31.5 Å². The van der Waals surface area contributed by atoms with Gasteiger partial charge in [-0.1, -0.05) is 35.5 Å². The van der Waals surface area contributed by atoms with Crippen LogP contribution in [0.3, 0.4) is 0 Å². The summed E-state index contributed by atoms with van der Waals surface area (Å²) >= 11 is 0. The fourth-order valence-corrected chi connectivity index (χ4v) is 2.49. The van der Waals surface area contributed by atoms with E-state index in [-0.39, 0.29) is 0 Å². The van der Waals surface area contributed by atoms with Crippen molar-refractivity contribution in [1.29, 1.82) is 0 Å². The molecule has 1 fully saturated rings. The number of rotatable bonds is 6. The number of nitrogens with zero attached hydrogens (tertiary/aromatic N) is 2. The van der Waals surface area contributed by atoms with Crippen LogP contribution in [0.5, 0.6) is 0 Å². The van der Waals surface area contributed by atoms with Gasteiger partial charge in [0.25, 0.3) is 0 Å². The molecule has 21 heavy (non-hydrogen) atoms. The summed E-state index contributed by atoms with van der Waals surface area (Å²) in [5.41, 5.74) is 3.71. The zero-order valence-electron chi connectivity index (χ0n) is 13.2. The summed E-state index contributed by atoms with van der Waals surface area (Å²) in [6, 6.07) is 10.5. The summed E-state index contributed by atoms with van der Waals surface area (Å²) in [7, 11) is 4.15. The molecule has 2 rings (SSSR count).